The number of para-hydroxylation sites is 1. The van der Waals surface area contributed by atoms with Crippen molar-refractivity contribution in [2.75, 3.05) is 26.7 Å². The highest BCUT2D eigenvalue weighted by molar-refractivity contribution is 7.89. The third kappa shape index (κ3) is 6.08. The third-order valence-corrected chi connectivity index (χ3v) is 5.72. The van der Waals surface area contributed by atoms with Crippen LogP contribution in [0.3, 0.4) is 0 Å². The number of hydrogen-bond donors (Lipinski definition) is 1. The molecule has 27 heavy (non-hydrogen) atoms. The third-order valence-electron chi connectivity index (χ3n) is 4.26. The van der Waals surface area contributed by atoms with E-state index in [1.165, 1.54) is 6.92 Å². The van der Waals surface area contributed by atoms with E-state index in [1.54, 1.807) is 30.2 Å². The van der Waals surface area contributed by atoms with Gasteiger partial charge in [-0.25, -0.2) is 13.1 Å². The maximum Gasteiger partial charge on any atom is 0.240 e. The summed E-state index contributed by atoms with van der Waals surface area (Å²) in [6, 6.07) is 14.4. The number of amides is 1. The van der Waals surface area contributed by atoms with Crippen molar-refractivity contribution in [3.8, 4) is 5.75 Å². The Morgan fingerprint density at radius 1 is 1.11 bits per heavy atom. The predicted octanol–water partition coefficient (Wildman–Crippen LogP) is 2.37. The Kier molecular flexibility index (Phi) is 7.38. The van der Waals surface area contributed by atoms with E-state index < -0.39 is 10.0 Å². The minimum atomic E-state index is -3.59. The lowest BCUT2D eigenvalue weighted by atomic mass is 10.1. The van der Waals surface area contributed by atoms with Crippen LogP contribution in [0.5, 0.6) is 5.75 Å². The zero-order valence-electron chi connectivity index (χ0n) is 15.9. The number of benzene rings is 2. The van der Waals surface area contributed by atoms with Crippen LogP contribution in [0.15, 0.2) is 53.4 Å². The summed E-state index contributed by atoms with van der Waals surface area (Å²) in [5, 5.41) is 0. The summed E-state index contributed by atoms with van der Waals surface area (Å²) >= 11 is 0. The van der Waals surface area contributed by atoms with E-state index >= 15 is 0 Å². The summed E-state index contributed by atoms with van der Waals surface area (Å²) in [6.45, 7) is 4.27. The smallest absolute Gasteiger partial charge is 0.240 e. The largest absolute Gasteiger partial charge is 0.496 e. The van der Waals surface area contributed by atoms with Crippen LogP contribution in [-0.4, -0.2) is 46.0 Å². The van der Waals surface area contributed by atoms with Gasteiger partial charge in [0, 0.05) is 26.6 Å². The zero-order chi connectivity index (χ0) is 19.9. The number of methoxy groups -OCH3 is 1. The second-order valence-corrected chi connectivity index (χ2v) is 8.05. The van der Waals surface area contributed by atoms with Gasteiger partial charge in [0.25, 0.3) is 0 Å². The summed E-state index contributed by atoms with van der Waals surface area (Å²) in [4.78, 5) is 13.8. The maximum absolute atomic E-state index is 12.4. The molecule has 0 aliphatic rings. The van der Waals surface area contributed by atoms with Crippen molar-refractivity contribution in [1.82, 2.24) is 9.62 Å². The van der Waals surface area contributed by atoms with Crippen LogP contribution in [0.4, 0.5) is 0 Å². The number of nitrogens with one attached hydrogen (secondary N) is 1. The molecule has 2 aromatic carbocycles. The van der Waals surface area contributed by atoms with Crippen molar-refractivity contribution in [2.24, 2.45) is 0 Å². The molecule has 1 amide bonds. The molecule has 2 rings (SSSR count). The van der Waals surface area contributed by atoms with Gasteiger partial charge in [-0.1, -0.05) is 30.3 Å². The fourth-order valence-electron chi connectivity index (χ4n) is 2.77. The molecule has 146 valence electrons. The summed E-state index contributed by atoms with van der Waals surface area (Å²) in [5.74, 6) is 0.681. The Morgan fingerprint density at radius 3 is 2.52 bits per heavy atom. The Labute approximate surface area is 161 Å². The molecule has 0 heterocycles. The molecule has 0 spiro atoms. The zero-order valence-corrected chi connectivity index (χ0v) is 16.8. The van der Waals surface area contributed by atoms with Crippen LogP contribution in [0.25, 0.3) is 0 Å². The highest BCUT2D eigenvalue weighted by Crippen LogP contribution is 2.18. The average Bonchev–Trinajstić information content (AvgIpc) is 2.64. The van der Waals surface area contributed by atoms with Crippen LogP contribution in [-0.2, 0) is 21.2 Å². The summed E-state index contributed by atoms with van der Waals surface area (Å²) in [7, 11) is -1.98. The molecule has 0 unspecified atom stereocenters. The van der Waals surface area contributed by atoms with Crippen molar-refractivity contribution >= 4 is 15.9 Å². The summed E-state index contributed by atoms with van der Waals surface area (Å²) in [6.07, 6.45) is 0.633. The van der Waals surface area contributed by atoms with Gasteiger partial charge in [-0.05, 0) is 42.7 Å². The monoisotopic (exact) mass is 390 g/mol. The fourth-order valence-corrected chi connectivity index (χ4v) is 3.90. The summed E-state index contributed by atoms with van der Waals surface area (Å²) in [5.41, 5.74) is 1.88. The molecule has 1 N–H and O–H groups in total. The first-order valence-corrected chi connectivity index (χ1v) is 10.3. The highest BCUT2D eigenvalue weighted by atomic mass is 32.2. The molecule has 2 aromatic rings. The van der Waals surface area contributed by atoms with E-state index in [1.807, 2.05) is 37.3 Å². The van der Waals surface area contributed by atoms with Gasteiger partial charge in [0.1, 0.15) is 5.75 Å². The van der Waals surface area contributed by atoms with Gasteiger partial charge in [-0.3, -0.25) is 4.79 Å². The number of sulfonamides is 1. The molecule has 7 heteroatoms. The lowest BCUT2D eigenvalue weighted by molar-refractivity contribution is -0.128. The molecular formula is C20H26N2O4S. The number of nitrogens with zero attached hydrogens (tertiary/aromatic N) is 1. The SMILES string of the molecule is COc1ccccc1CCN(CCNS(=O)(=O)c1cccc(C)c1)C(C)=O. The van der Waals surface area contributed by atoms with Crippen molar-refractivity contribution in [3.05, 3.63) is 59.7 Å². The second kappa shape index (κ2) is 9.53. The average molecular weight is 391 g/mol. The summed E-state index contributed by atoms with van der Waals surface area (Å²) < 4.78 is 32.6. The molecule has 0 aliphatic carbocycles. The molecule has 0 bridgehead atoms. The van der Waals surface area contributed by atoms with E-state index in [2.05, 4.69) is 4.72 Å². The molecule has 0 atom stereocenters. The minimum absolute atomic E-state index is 0.0975. The quantitative estimate of drug-likeness (QED) is 0.713. The number of carbonyl (C=O) groups excluding carboxylic acids is 1. The van der Waals surface area contributed by atoms with Crippen LogP contribution in [0.2, 0.25) is 0 Å². The van der Waals surface area contributed by atoms with Gasteiger partial charge in [-0.15, -0.1) is 0 Å². The number of rotatable bonds is 9. The molecule has 0 aliphatic heterocycles. The highest BCUT2D eigenvalue weighted by Gasteiger charge is 2.15. The minimum Gasteiger partial charge on any atom is -0.496 e. The Hall–Kier alpha value is -2.38. The Balaban J connectivity index is 1.94. The lowest BCUT2D eigenvalue weighted by Gasteiger charge is -2.22. The van der Waals surface area contributed by atoms with Crippen molar-refractivity contribution in [2.45, 2.75) is 25.2 Å². The lowest BCUT2D eigenvalue weighted by Crippen LogP contribution is -2.38. The Morgan fingerprint density at radius 2 is 1.85 bits per heavy atom. The van der Waals surface area contributed by atoms with Gasteiger partial charge in [-0.2, -0.15) is 0 Å². The first-order valence-electron chi connectivity index (χ1n) is 8.77. The van der Waals surface area contributed by atoms with Crippen LogP contribution >= 0.6 is 0 Å². The van der Waals surface area contributed by atoms with Crippen molar-refractivity contribution < 1.29 is 17.9 Å². The van der Waals surface area contributed by atoms with Crippen LogP contribution < -0.4 is 9.46 Å². The van der Waals surface area contributed by atoms with E-state index in [-0.39, 0.29) is 17.3 Å². The van der Waals surface area contributed by atoms with Gasteiger partial charge < -0.3 is 9.64 Å². The molecule has 0 radical (unpaired) electrons. The van der Waals surface area contributed by atoms with Gasteiger partial charge in [0.05, 0.1) is 12.0 Å². The molecule has 0 fully saturated rings. The number of hydrogen-bond acceptors (Lipinski definition) is 4. The van der Waals surface area contributed by atoms with E-state index in [0.717, 1.165) is 16.9 Å². The molecule has 0 saturated heterocycles. The topological polar surface area (TPSA) is 75.7 Å². The second-order valence-electron chi connectivity index (χ2n) is 6.28. The molecule has 6 nitrogen and oxygen atoms in total. The van der Waals surface area contributed by atoms with Gasteiger partial charge in [0.15, 0.2) is 0 Å². The first kappa shape index (κ1) is 20.9. The first-order chi connectivity index (χ1) is 12.8. The van der Waals surface area contributed by atoms with Crippen molar-refractivity contribution in [1.29, 1.82) is 0 Å². The normalized spacial score (nSPS) is 11.2. The van der Waals surface area contributed by atoms with E-state index in [4.69, 9.17) is 4.74 Å². The van der Waals surface area contributed by atoms with E-state index in [0.29, 0.717) is 19.5 Å². The fraction of sp³-hybridized carbons (Fsp3) is 0.350. The maximum atomic E-state index is 12.4. The van der Waals surface area contributed by atoms with Crippen LogP contribution in [0.1, 0.15) is 18.1 Å². The van der Waals surface area contributed by atoms with Crippen LogP contribution in [0, 0.1) is 6.92 Å². The number of aryl methyl sites for hydroxylation is 1. The molecule has 0 saturated carbocycles. The van der Waals surface area contributed by atoms with Gasteiger partial charge in [0.2, 0.25) is 15.9 Å². The number of carbonyl (C=O) groups is 1. The predicted molar refractivity (Wildman–Crippen MR) is 105 cm³/mol. The molecule has 0 aromatic heterocycles. The van der Waals surface area contributed by atoms with Gasteiger partial charge >= 0.3 is 0 Å². The van der Waals surface area contributed by atoms with E-state index in [9.17, 15) is 13.2 Å². The van der Waals surface area contributed by atoms with Crippen molar-refractivity contribution in [3.63, 3.8) is 0 Å². The molecular weight excluding hydrogens is 364 g/mol. The Bertz CT molecular complexity index is 881. The number of ether oxygens (including phenoxy) is 1. The standard InChI is InChI=1S/C20H26N2O4S/c1-16-7-6-9-19(15-16)27(24,25)21-12-14-22(17(2)23)13-11-18-8-4-5-10-20(18)26-3/h4-10,15,21H,11-14H2,1-3H3.